The van der Waals surface area contributed by atoms with Gasteiger partial charge in [0.2, 0.25) is 0 Å². The van der Waals surface area contributed by atoms with E-state index in [-0.39, 0.29) is 5.75 Å². The van der Waals surface area contributed by atoms with Crippen LogP contribution in [0.3, 0.4) is 0 Å². The molecule has 2 nitrogen and oxygen atoms in total. The fourth-order valence-electron chi connectivity index (χ4n) is 1.37. The molecule has 1 aromatic rings. The summed E-state index contributed by atoms with van der Waals surface area (Å²) >= 11 is 0. The van der Waals surface area contributed by atoms with Crippen LogP contribution in [0.4, 0.5) is 0 Å². The molecule has 0 aromatic heterocycles. The minimum Gasteiger partial charge on any atom is -0.224 e. The maximum Gasteiger partial charge on any atom is 0.178 e. The van der Waals surface area contributed by atoms with Crippen LogP contribution >= 0.6 is 0 Å². The Balaban J connectivity index is 2.71. The highest BCUT2D eigenvalue weighted by molar-refractivity contribution is 7.91. The third kappa shape index (κ3) is 3.81. The maximum absolute atomic E-state index is 11.9. The standard InChI is InChI=1S/C13H18O2S/c1-3-4-5-6-11-16(14,15)13-9-7-12(2)8-10-13/h4-5,7-10H,3,6,11H2,1-2H3/b5-4-. The molecule has 0 aliphatic heterocycles. The van der Waals surface area contributed by atoms with Crippen molar-refractivity contribution in [2.75, 3.05) is 5.75 Å². The van der Waals surface area contributed by atoms with Gasteiger partial charge in [-0.05, 0) is 31.9 Å². The first-order valence-corrected chi connectivity index (χ1v) is 7.16. The molecule has 16 heavy (non-hydrogen) atoms. The number of aryl methyl sites for hydroxylation is 1. The molecule has 0 aliphatic rings. The first-order chi connectivity index (χ1) is 7.56. The minimum atomic E-state index is -3.11. The molecule has 0 fully saturated rings. The van der Waals surface area contributed by atoms with Crippen molar-refractivity contribution in [3.63, 3.8) is 0 Å². The van der Waals surface area contributed by atoms with E-state index in [4.69, 9.17) is 0 Å². The number of allylic oxidation sites excluding steroid dienone is 2. The second kappa shape index (κ2) is 5.85. The molecule has 1 rings (SSSR count). The molecule has 3 heteroatoms. The Bertz CT molecular complexity index is 441. The summed E-state index contributed by atoms with van der Waals surface area (Å²) < 4.78 is 23.7. The Morgan fingerprint density at radius 1 is 1.12 bits per heavy atom. The Hall–Kier alpha value is -1.09. The fourth-order valence-corrected chi connectivity index (χ4v) is 2.60. The molecule has 0 saturated heterocycles. The van der Waals surface area contributed by atoms with E-state index in [1.165, 1.54) is 0 Å². The molecule has 0 spiro atoms. The summed E-state index contributed by atoms with van der Waals surface area (Å²) in [5, 5.41) is 0. The van der Waals surface area contributed by atoms with Gasteiger partial charge in [-0.1, -0.05) is 36.8 Å². The van der Waals surface area contributed by atoms with Gasteiger partial charge in [-0.3, -0.25) is 0 Å². The summed E-state index contributed by atoms with van der Waals surface area (Å²) in [6.07, 6.45) is 5.45. The molecule has 0 amide bonds. The lowest BCUT2D eigenvalue weighted by molar-refractivity contribution is 0.595. The Labute approximate surface area is 97.9 Å². The molecule has 1 aromatic carbocycles. The molecular weight excluding hydrogens is 220 g/mol. The molecule has 0 unspecified atom stereocenters. The first-order valence-electron chi connectivity index (χ1n) is 5.50. The van der Waals surface area contributed by atoms with Crippen LogP contribution in [0.1, 0.15) is 25.3 Å². The van der Waals surface area contributed by atoms with Crippen LogP contribution < -0.4 is 0 Å². The van der Waals surface area contributed by atoms with Gasteiger partial charge in [0.05, 0.1) is 10.6 Å². The highest BCUT2D eigenvalue weighted by Crippen LogP contribution is 2.13. The molecule has 0 aliphatic carbocycles. The lowest BCUT2D eigenvalue weighted by atomic mass is 10.2. The molecule has 0 heterocycles. The normalized spacial score (nSPS) is 12.1. The predicted molar refractivity (Wildman–Crippen MR) is 67.3 cm³/mol. The van der Waals surface area contributed by atoms with Crippen LogP contribution in [0, 0.1) is 6.92 Å². The van der Waals surface area contributed by atoms with Crippen LogP contribution in [0.15, 0.2) is 41.3 Å². The summed E-state index contributed by atoms with van der Waals surface area (Å²) in [6, 6.07) is 7.01. The average molecular weight is 238 g/mol. The lowest BCUT2D eigenvalue weighted by Gasteiger charge is -2.02. The quantitative estimate of drug-likeness (QED) is 0.739. The second-order valence-electron chi connectivity index (χ2n) is 3.80. The molecule has 0 radical (unpaired) electrons. The van der Waals surface area contributed by atoms with Gasteiger partial charge in [-0.25, -0.2) is 8.42 Å². The number of rotatable bonds is 5. The summed E-state index contributed by atoms with van der Waals surface area (Å²) in [6.45, 7) is 3.98. The van der Waals surface area contributed by atoms with E-state index in [1.807, 2.05) is 38.1 Å². The molecule has 88 valence electrons. The Morgan fingerprint density at radius 2 is 1.75 bits per heavy atom. The Morgan fingerprint density at radius 3 is 2.31 bits per heavy atom. The van der Waals surface area contributed by atoms with E-state index < -0.39 is 9.84 Å². The van der Waals surface area contributed by atoms with Gasteiger partial charge in [0, 0.05) is 0 Å². The van der Waals surface area contributed by atoms with Gasteiger partial charge in [-0.2, -0.15) is 0 Å². The van der Waals surface area contributed by atoms with E-state index in [9.17, 15) is 8.42 Å². The monoisotopic (exact) mass is 238 g/mol. The molecular formula is C13H18O2S. The van der Waals surface area contributed by atoms with Crippen molar-refractivity contribution in [2.45, 2.75) is 31.6 Å². The summed E-state index contributed by atoms with van der Waals surface area (Å²) in [4.78, 5) is 0.419. The summed E-state index contributed by atoms with van der Waals surface area (Å²) in [5.41, 5.74) is 1.07. The zero-order valence-electron chi connectivity index (χ0n) is 9.81. The van der Waals surface area contributed by atoms with Crippen molar-refractivity contribution in [3.8, 4) is 0 Å². The van der Waals surface area contributed by atoms with Crippen LogP contribution in [0.5, 0.6) is 0 Å². The van der Waals surface area contributed by atoms with Crippen molar-refractivity contribution in [1.82, 2.24) is 0 Å². The van der Waals surface area contributed by atoms with Crippen molar-refractivity contribution < 1.29 is 8.42 Å². The van der Waals surface area contributed by atoms with Crippen molar-refractivity contribution in [3.05, 3.63) is 42.0 Å². The van der Waals surface area contributed by atoms with E-state index >= 15 is 0 Å². The Kier molecular flexibility index (Phi) is 4.74. The highest BCUT2D eigenvalue weighted by atomic mass is 32.2. The largest absolute Gasteiger partial charge is 0.224 e. The summed E-state index contributed by atoms with van der Waals surface area (Å²) in [5.74, 6) is 0.187. The number of hydrogen-bond acceptors (Lipinski definition) is 2. The number of hydrogen-bond donors (Lipinski definition) is 0. The zero-order chi connectivity index (χ0) is 12.0. The molecule has 0 saturated carbocycles. The molecule has 0 N–H and O–H groups in total. The summed E-state index contributed by atoms with van der Waals surface area (Å²) in [7, 11) is -3.11. The minimum absolute atomic E-state index is 0.187. The van der Waals surface area contributed by atoms with E-state index in [1.54, 1.807) is 12.1 Å². The SMILES string of the molecule is CC/C=C\CCS(=O)(=O)c1ccc(C)cc1. The van der Waals surface area contributed by atoms with Crippen LogP contribution in [0.2, 0.25) is 0 Å². The van der Waals surface area contributed by atoms with Gasteiger partial charge in [0.1, 0.15) is 0 Å². The maximum atomic E-state index is 11.9. The topological polar surface area (TPSA) is 34.1 Å². The van der Waals surface area contributed by atoms with Crippen LogP contribution in [-0.4, -0.2) is 14.2 Å². The fraction of sp³-hybridized carbons (Fsp3) is 0.385. The smallest absolute Gasteiger partial charge is 0.178 e. The number of benzene rings is 1. The van der Waals surface area contributed by atoms with Gasteiger partial charge >= 0.3 is 0 Å². The zero-order valence-corrected chi connectivity index (χ0v) is 10.6. The van der Waals surface area contributed by atoms with Gasteiger partial charge < -0.3 is 0 Å². The van der Waals surface area contributed by atoms with E-state index in [0.29, 0.717) is 11.3 Å². The average Bonchev–Trinajstić information content (AvgIpc) is 2.25. The molecule has 0 atom stereocenters. The lowest BCUT2D eigenvalue weighted by Crippen LogP contribution is -2.05. The predicted octanol–water partition coefficient (Wildman–Crippen LogP) is 3.13. The van der Waals surface area contributed by atoms with E-state index in [0.717, 1.165) is 12.0 Å². The van der Waals surface area contributed by atoms with Crippen LogP contribution in [-0.2, 0) is 9.84 Å². The van der Waals surface area contributed by atoms with Gasteiger partial charge in [0.15, 0.2) is 9.84 Å². The molecule has 0 bridgehead atoms. The van der Waals surface area contributed by atoms with Crippen molar-refractivity contribution in [2.24, 2.45) is 0 Å². The first kappa shape index (κ1) is 13.0. The van der Waals surface area contributed by atoms with Crippen LogP contribution in [0.25, 0.3) is 0 Å². The highest BCUT2D eigenvalue weighted by Gasteiger charge is 2.12. The van der Waals surface area contributed by atoms with E-state index in [2.05, 4.69) is 0 Å². The van der Waals surface area contributed by atoms with Crippen molar-refractivity contribution in [1.29, 1.82) is 0 Å². The van der Waals surface area contributed by atoms with Gasteiger partial charge in [0.25, 0.3) is 0 Å². The van der Waals surface area contributed by atoms with Crippen molar-refractivity contribution >= 4 is 9.84 Å². The number of sulfone groups is 1. The third-order valence-corrected chi connectivity index (χ3v) is 4.10. The third-order valence-electron chi connectivity index (χ3n) is 2.34. The van der Waals surface area contributed by atoms with Gasteiger partial charge in [-0.15, -0.1) is 0 Å². The second-order valence-corrected chi connectivity index (χ2v) is 5.91.